The van der Waals surface area contributed by atoms with Gasteiger partial charge in [0.15, 0.2) is 0 Å². The topological polar surface area (TPSA) is 52.8 Å². The first-order valence-corrected chi connectivity index (χ1v) is 32.8. The third-order valence-corrected chi connectivity index (χ3v) is 15.5. The Hall–Kier alpha value is -6.76. The fourth-order valence-corrected chi connectivity index (χ4v) is 11.3. The summed E-state index contributed by atoms with van der Waals surface area (Å²) in [6, 6.07) is 70.1. The summed E-state index contributed by atoms with van der Waals surface area (Å²) in [6.07, 6.45) is 10.5. The van der Waals surface area contributed by atoms with Crippen molar-refractivity contribution in [2.45, 2.75) is 33.6 Å². The Morgan fingerprint density at radius 1 is 0.434 bits per heavy atom. The van der Waals surface area contributed by atoms with Gasteiger partial charge in [0.2, 0.25) is 0 Å². The minimum atomic E-state index is 0. The molecular formula is C68H49Br2IrN4Zn-. The molecule has 0 bridgehead atoms. The standard InChI is InChI=1S/C23H17N.C22H15N2.C14H11Br.C9H6N.BrH.Ir.Zn/c1-15-10-11-20-18-8-4-3-7-17(18)14-21(20)22(15)23-19-9-5-2-6-16(19)12-13-24-23;1-14-10-11-18-17-8-4-5-9-19(17)24-22(18)20(14)21-16-7-3-2-6-15(16)12-13-23-21;1-9-6-7-12-11-5-3-2-4-10(11)8-13(12)14(9)15;1-2-4-9-7-10-6-5-8(9)3-1;;;/h2-13H,14H2,1H3;2-13H,1H3;2-7H,8H2,1H3;1-6H;1H;;/q;-1;;-1;;;+2/p-1. The predicted molar refractivity (Wildman–Crippen MR) is 317 cm³/mol. The van der Waals surface area contributed by atoms with Crippen molar-refractivity contribution >= 4 is 83.7 Å². The third-order valence-electron chi connectivity index (χ3n) is 14.4. The van der Waals surface area contributed by atoms with Crippen LogP contribution < -0.4 is 4.98 Å². The Morgan fingerprint density at radius 3 is 1.58 bits per heavy atom. The summed E-state index contributed by atoms with van der Waals surface area (Å²) in [5.74, 6) is 0. The molecule has 8 heteroatoms. The van der Waals surface area contributed by atoms with Gasteiger partial charge in [-0.15, -0.1) is 40.0 Å². The van der Waals surface area contributed by atoms with E-state index in [-0.39, 0.29) is 20.1 Å². The van der Waals surface area contributed by atoms with E-state index < -0.39 is 0 Å². The number of aryl methyl sites for hydroxylation is 3. The molecule has 0 atom stereocenters. The van der Waals surface area contributed by atoms with Gasteiger partial charge in [0, 0.05) is 53.3 Å². The first-order valence-electron chi connectivity index (χ1n) is 25.1. The zero-order valence-electron chi connectivity index (χ0n) is 42.3. The third kappa shape index (κ3) is 10.3. The number of fused-ring (bicyclic) bond motifs is 12. The molecule has 0 unspecified atom stereocenters. The van der Waals surface area contributed by atoms with Crippen LogP contribution >= 0.6 is 29.6 Å². The van der Waals surface area contributed by atoms with E-state index in [0.29, 0.717) is 0 Å². The quantitative estimate of drug-likeness (QED) is 0.128. The summed E-state index contributed by atoms with van der Waals surface area (Å²) in [6.45, 7) is 6.48. The van der Waals surface area contributed by atoms with Gasteiger partial charge in [-0.05, 0) is 140 Å². The molecule has 2 aliphatic carbocycles. The van der Waals surface area contributed by atoms with Gasteiger partial charge in [0.05, 0.1) is 11.4 Å². The summed E-state index contributed by atoms with van der Waals surface area (Å²) in [5, 5.41) is 9.51. The maximum absolute atomic E-state index is 4.92. The molecule has 1 radical (unpaired) electrons. The number of hydrogen-bond acceptors (Lipinski definition) is 3. The Balaban J connectivity index is 0.000000119. The first kappa shape index (κ1) is 52.7. The van der Waals surface area contributed by atoms with Crippen molar-refractivity contribution in [1.29, 1.82) is 0 Å². The Kier molecular flexibility index (Phi) is 16.4. The molecule has 4 heterocycles. The number of rotatable bonds is 2. The smallest absolute Gasteiger partial charge is 0.0396 e. The van der Waals surface area contributed by atoms with E-state index in [1.165, 1.54) is 125 Å². The van der Waals surface area contributed by atoms with Gasteiger partial charge in [0.25, 0.3) is 0 Å². The number of nitrogens with zero attached hydrogens (tertiary/aromatic N) is 4. The Labute approximate surface area is 482 Å². The van der Waals surface area contributed by atoms with Gasteiger partial charge in [-0.1, -0.05) is 192 Å². The zero-order chi connectivity index (χ0) is 51.4. The summed E-state index contributed by atoms with van der Waals surface area (Å²) in [4.78, 5) is 18.3. The van der Waals surface area contributed by atoms with Crippen molar-refractivity contribution in [3.05, 3.63) is 268 Å². The molecule has 4 aromatic heterocycles. The number of aromatic nitrogens is 4. The maximum Gasteiger partial charge on any atom is -0.0396 e. The van der Waals surface area contributed by atoms with Crippen LogP contribution in [0.15, 0.2) is 223 Å². The van der Waals surface area contributed by atoms with E-state index in [9.17, 15) is 0 Å². The van der Waals surface area contributed by atoms with Gasteiger partial charge in [-0.2, -0.15) is 0 Å². The van der Waals surface area contributed by atoms with Crippen molar-refractivity contribution in [2.75, 3.05) is 0 Å². The zero-order valence-corrected chi connectivity index (χ0v) is 50.8. The number of hydrogen-bond donors (Lipinski definition) is 0. The summed E-state index contributed by atoms with van der Waals surface area (Å²) in [7, 11) is 0. The van der Waals surface area contributed by atoms with E-state index in [1.807, 2.05) is 48.8 Å². The molecule has 0 saturated heterocycles. The molecule has 0 fully saturated rings. The van der Waals surface area contributed by atoms with Crippen LogP contribution in [-0.4, -0.2) is 15.0 Å². The molecule has 0 spiro atoms. The van der Waals surface area contributed by atoms with E-state index in [1.54, 1.807) is 6.20 Å². The minimum absolute atomic E-state index is 0. The second-order valence-electron chi connectivity index (χ2n) is 18.9. The van der Waals surface area contributed by atoms with Crippen LogP contribution in [0.5, 0.6) is 0 Å². The molecule has 0 aliphatic heterocycles. The molecule has 2 aliphatic rings. The fraction of sp³-hybridized carbons (Fsp3) is 0.0735. The van der Waals surface area contributed by atoms with Crippen molar-refractivity contribution in [2.24, 2.45) is 0 Å². The van der Waals surface area contributed by atoms with E-state index in [4.69, 9.17) is 15.0 Å². The van der Waals surface area contributed by atoms with Crippen molar-refractivity contribution in [1.82, 2.24) is 19.9 Å². The summed E-state index contributed by atoms with van der Waals surface area (Å²) >= 11 is 7.94. The second kappa shape index (κ2) is 23.6. The molecule has 0 saturated carbocycles. The van der Waals surface area contributed by atoms with Crippen LogP contribution in [0.25, 0.3) is 98.9 Å². The van der Waals surface area contributed by atoms with Crippen molar-refractivity contribution in [3.8, 4) is 44.8 Å². The van der Waals surface area contributed by atoms with Gasteiger partial charge in [-0.25, -0.2) is 0 Å². The molecule has 15 rings (SSSR count). The van der Waals surface area contributed by atoms with Crippen LogP contribution in [0.3, 0.4) is 0 Å². The molecule has 76 heavy (non-hydrogen) atoms. The average Bonchev–Trinajstić information content (AvgIpc) is 4.18. The summed E-state index contributed by atoms with van der Waals surface area (Å²) < 4.78 is 1.27. The first-order chi connectivity index (χ1) is 36.9. The summed E-state index contributed by atoms with van der Waals surface area (Å²) in [5.41, 5.74) is 21.7. The maximum atomic E-state index is 4.92. The van der Waals surface area contributed by atoms with Crippen LogP contribution in [0.2, 0.25) is 0 Å². The normalized spacial score (nSPS) is 11.4. The van der Waals surface area contributed by atoms with E-state index in [2.05, 4.69) is 225 Å². The minimum Gasteiger partial charge on any atom is -0.360 e. The van der Waals surface area contributed by atoms with Crippen molar-refractivity contribution < 1.29 is 36.4 Å². The molecule has 367 valence electrons. The van der Waals surface area contributed by atoms with Gasteiger partial charge < -0.3 is 9.97 Å². The molecule has 9 aromatic carbocycles. The molecule has 0 amide bonds. The van der Waals surface area contributed by atoms with Gasteiger partial charge >= 0.3 is 30.0 Å². The van der Waals surface area contributed by atoms with Gasteiger partial charge in [0.1, 0.15) is 0 Å². The Morgan fingerprint density at radius 2 is 0.921 bits per heavy atom. The monoisotopic (exact) mass is 1340 g/mol. The van der Waals surface area contributed by atoms with Crippen LogP contribution in [0.4, 0.5) is 0 Å². The number of para-hydroxylation sites is 1. The van der Waals surface area contributed by atoms with E-state index >= 15 is 0 Å². The average molecular weight is 1340 g/mol. The fourth-order valence-electron chi connectivity index (χ4n) is 10.8. The predicted octanol–water partition coefficient (Wildman–Crippen LogP) is 18.5. The number of benzene rings is 9. The Bertz CT molecular complexity index is 4170. The van der Waals surface area contributed by atoms with Crippen molar-refractivity contribution in [3.63, 3.8) is 0 Å². The molecule has 4 nitrogen and oxygen atoms in total. The van der Waals surface area contributed by atoms with Crippen LogP contribution in [-0.2, 0) is 49.3 Å². The van der Waals surface area contributed by atoms with Crippen LogP contribution in [0.1, 0.15) is 38.9 Å². The largest absolute Gasteiger partial charge is 0.360 e. The molecular weight excluding hydrogens is 1290 g/mol. The van der Waals surface area contributed by atoms with Crippen LogP contribution in [0, 0.1) is 27.0 Å². The SMILES string of the molecule is Cc1ccc2c([n-]c3ccccc32)c1-c1nccc2ccccc12.Cc1ccc2c(c1-c1nccc3ccccc13)Cc1ccccc1-2.Cc1ccc2c(c1Br)Cc1ccccc1-2.[Ir].[Zn+][Br].[c-]1nccc2ccccc12. The number of halogens is 2. The second-order valence-corrected chi connectivity index (χ2v) is 19.7. The van der Waals surface area contributed by atoms with Gasteiger partial charge in [-0.3, -0.25) is 9.97 Å². The molecule has 0 N–H and O–H groups in total. The molecule has 13 aromatic rings. The van der Waals surface area contributed by atoms with E-state index in [0.717, 1.165) is 46.2 Å². The number of pyridine rings is 3.